The molecule has 4 N–H and O–H groups in total. The van der Waals surface area contributed by atoms with E-state index < -0.39 is 24.8 Å². The Labute approximate surface area is 151 Å². The molecule has 0 heterocycles. The topological polar surface area (TPSA) is 99.4 Å². The number of rotatable bonds is 12. The van der Waals surface area contributed by atoms with Gasteiger partial charge in [-0.15, -0.1) is 0 Å². The Kier molecular flexibility index (Phi) is 24.8. The Bertz CT molecular complexity index is 179. The molecule has 0 saturated heterocycles. The number of aliphatic hydroxyl groups excluding tert-OH is 4. The van der Waals surface area contributed by atoms with Crippen molar-refractivity contribution in [1.29, 1.82) is 0 Å². The third-order valence-corrected chi connectivity index (χ3v) is 2.91. The van der Waals surface area contributed by atoms with Crippen molar-refractivity contribution in [2.75, 3.05) is 13.2 Å². The summed E-state index contributed by atoms with van der Waals surface area (Å²) in [4.78, 5) is 0. The van der Waals surface area contributed by atoms with Gasteiger partial charge in [0.2, 0.25) is 0 Å². The molecule has 6 nitrogen and oxygen atoms in total. The van der Waals surface area contributed by atoms with Gasteiger partial charge in [0.15, 0.2) is 12.6 Å². The van der Waals surface area contributed by atoms with Gasteiger partial charge in [-0.2, -0.15) is 0 Å². The van der Waals surface area contributed by atoms with Crippen LogP contribution in [0.2, 0.25) is 0 Å². The molecular formula is C16H36CuO6. The van der Waals surface area contributed by atoms with Crippen LogP contribution in [0.5, 0.6) is 0 Å². The quantitative estimate of drug-likeness (QED) is 0.301. The zero-order valence-corrected chi connectivity index (χ0v) is 15.8. The van der Waals surface area contributed by atoms with Crippen LogP contribution in [0.1, 0.15) is 66.2 Å². The van der Waals surface area contributed by atoms with Gasteiger partial charge >= 0.3 is 0 Å². The number of aliphatic hydroxyl groups is 4. The van der Waals surface area contributed by atoms with Gasteiger partial charge in [0.05, 0.1) is 12.2 Å². The van der Waals surface area contributed by atoms with Crippen molar-refractivity contribution in [3.8, 4) is 0 Å². The second-order valence-electron chi connectivity index (χ2n) is 5.18. The van der Waals surface area contributed by atoms with E-state index in [0.29, 0.717) is 26.1 Å². The Morgan fingerprint density at radius 3 is 1.17 bits per heavy atom. The molecule has 0 aliphatic carbocycles. The third-order valence-electron chi connectivity index (χ3n) is 2.91. The summed E-state index contributed by atoms with van der Waals surface area (Å²) in [7, 11) is 0. The molecule has 23 heavy (non-hydrogen) atoms. The maximum atomic E-state index is 9.21. The second-order valence-corrected chi connectivity index (χ2v) is 5.18. The molecule has 1 radical (unpaired) electrons. The summed E-state index contributed by atoms with van der Waals surface area (Å²) in [6.07, 6.45) is 1.49. The van der Waals surface area contributed by atoms with Gasteiger partial charge in [-0.05, 0) is 26.7 Å². The van der Waals surface area contributed by atoms with Crippen LogP contribution in [-0.4, -0.2) is 58.4 Å². The Balaban J connectivity index is -0.000000333. The van der Waals surface area contributed by atoms with Crippen molar-refractivity contribution in [3.63, 3.8) is 0 Å². The first-order valence-electron chi connectivity index (χ1n) is 8.36. The zero-order chi connectivity index (χ0) is 17.4. The normalized spacial score (nSPS) is 15.7. The zero-order valence-electron chi connectivity index (χ0n) is 14.9. The van der Waals surface area contributed by atoms with Crippen LogP contribution in [0.15, 0.2) is 0 Å². The summed E-state index contributed by atoms with van der Waals surface area (Å²) < 4.78 is 9.71. The van der Waals surface area contributed by atoms with Crippen molar-refractivity contribution in [2.24, 2.45) is 0 Å². The van der Waals surface area contributed by atoms with E-state index in [1.165, 1.54) is 0 Å². The van der Waals surface area contributed by atoms with Crippen molar-refractivity contribution < 1.29 is 47.0 Å². The first-order valence-corrected chi connectivity index (χ1v) is 8.36. The minimum atomic E-state index is -0.804. The van der Waals surface area contributed by atoms with Gasteiger partial charge in [0, 0.05) is 43.1 Å². The molecule has 147 valence electrons. The first-order chi connectivity index (χ1) is 10.4. The fourth-order valence-corrected chi connectivity index (χ4v) is 1.89. The molecule has 0 aromatic rings. The summed E-state index contributed by atoms with van der Waals surface area (Å²) in [5.41, 5.74) is 0. The molecule has 4 unspecified atom stereocenters. The average Bonchev–Trinajstić information content (AvgIpc) is 2.40. The molecule has 0 aliphatic rings. The van der Waals surface area contributed by atoms with Crippen molar-refractivity contribution in [2.45, 2.75) is 91.0 Å². The van der Waals surface area contributed by atoms with Crippen LogP contribution in [0.25, 0.3) is 0 Å². The summed E-state index contributed by atoms with van der Waals surface area (Å²) >= 11 is 0. The van der Waals surface area contributed by atoms with Crippen molar-refractivity contribution >= 4 is 0 Å². The molecule has 0 saturated carbocycles. The summed E-state index contributed by atoms with van der Waals surface area (Å²) in [6, 6.07) is 0. The SMILES string of the molecule is CCCC(O)CC(O)OCC.CCCC(O)CC(O)OCC.[Cu]. The van der Waals surface area contributed by atoms with Gasteiger partial charge in [0.25, 0.3) is 0 Å². The van der Waals surface area contributed by atoms with Gasteiger partial charge in [0.1, 0.15) is 0 Å². The Hall–Kier alpha value is 0.279. The molecule has 0 amide bonds. The van der Waals surface area contributed by atoms with E-state index in [0.717, 1.165) is 25.7 Å². The molecule has 4 atom stereocenters. The fraction of sp³-hybridized carbons (Fsp3) is 1.00. The van der Waals surface area contributed by atoms with E-state index in [2.05, 4.69) is 0 Å². The van der Waals surface area contributed by atoms with E-state index in [1.54, 1.807) is 0 Å². The van der Waals surface area contributed by atoms with Gasteiger partial charge in [-0.1, -0.05) is 26.7 Å². The molecule has 0 spiro atoms. The van der Waals surface area contributed by atoms with Gasteiger partial charge in [-0.25, -0.2) is 0 Å². The average molecular weight is 388 g/mol. The minimum Gasteiger partial charge on any atom is -0.393 e. The summed E-state index contributed by atoms with van der Waals surface area (Å²) in [5, 5.41) is 36.5. The fourth-order valence-electron chi connectivity index (χ4n) is 1.89. The maximum absolute atomic E-state index is 9.21. The molecular weight excluding hydrogens is 352 g/mol. The third kappa shape index (κ3) is 22.3. The Morgan fingerprint density at radius 2 is 0.957 bits per heavy atom. The summed E-state index contributed by atoms with van der Waals surface area (Å²) in [6.45, 7) is 8.59. The summed E-state index contributed by atoms with van der Waals surface area (Å²) in [5.74, 6) is 0. The number of hydrogen-bond donors (Lipinski definition) is 4. The van der Waals surface area contributed by atoms with E-state index in [4.69, 9.17) is 19.7 Å². The predicted molar refractivity (Wildman–Crippen MR) is 86.3 cm³/mol. The standard InChI is InChI=1S/2C8H18O3.Cu/c2*1-3-5-7(9)6-8(10)11-4-2;/h2*7-10H,3-6H2,1-2H3;. The smallest absolute Gasteiger partial charge is 0.156 e. The van der Waals surface area contributed by atoms with Crippen molar-refractivity contribution in [1.82, 2.24) is 0 Å². The molecule has 0 aliphatic heterocycles. The monoisotopic (exact) mass is 387 g/mol. The van der Waals surface area contributed by atoms with Crippen LogP contribution < -0.4 is 0 Å². The first kappa shape index (κ1) is 28.1. The van der Waals surface area contributed by atoms with Gasteiger partial charge in [-0.3, -0.25) is 0 Å². The maximum Gasteiger partial charge on any atom is 0.156 e. The van der Waals surface area contributed by atoms with Crippen LogP contribution in [-0.2, 0) is 26.5 Å². The second kappa shape index (κ2) is 20.3. The van der Waals surface area contributed by atoms with E-state index in [1.807, 2.05) is 27.7 Å². The molecule has 0 bridgehead atoms. The van der Waals surface area contributed by atoms with Crippen LogP contribution in [0.4, 0.5) is 0 Å². The van der Waals surface area contributed by atoms with E-state index in [9.17, 15) is 10.2 Å². The molecule has 0 aromatic carbocycles. The minimum absolute atomic E-state index is 0. The van der Waals surface area contributed by atoms with Crippen LogP contribution in [0, 0.1) is 0 Å². The molecule has 0 aromatic heterocycles. The molecule has 0 rings (SSSR count). The van der Waals surface area contributed by atoms with Crippen LogP contribution >= 0.6 is 0 Å². The van der Waals surface area contributed by atoms with Crippen molar-refractivity contribution in [3.05, 3.63) is 0 Å². The van der Waals surface area contributed by atoms with E-state index in [-0.39, 0.29) is 17.1 Å². The van der Waals surface area contributed by atoms with Gasteiger partial charge < -0.3 is 29.9 Å². The molecule has 0 fully saturated rings. The Morgan fingerprint density at radius 1 is 0.652 bits per heavy atom. The van der Waals surface area contributed by atoms with E-state index >= 15 is 0 Å². The number of ether oxygens (including phenoxy) is 2. The predicted octanol–water partition coefficient (Wildman–Crippen LogP) is 1.78. The molecule has 7 heteroatoms. The largest absolute Gasteiger partial charge is 0.393 e. The van der Waals surface area contributed by atoms with Crippen LogP contribution in [0.3, 0.4) is 0 Å². The number of hydrogen-bond acceptors (Lipinski definition) is 6.